The van der Waals surface area contributed by atoms with Gasteiger partial charge < -0.3 is 10.2 Å². The highest BCUT2D eigenvalue weighted by Gasteiger charge is 2.31. The average Bonchev–Trinajstić information content (AvgIpc) is 2.74. The quantitative estimate of drug-likeness (QED) is 0.615. The van der Waals surface area contributed by atoms with E-state index in [0.29, 0.717) is 9.80 Å². The van der Waals surface area contributed by atoms with Crippen molar-refractivity contribution in [2.24, 2.45) is 0 Å². The summed E-state index contributed by atoms with van der Waals surface area (Å²) in [6.45, 7) is 0. The molecule has 0 bridgehead atoms. The van der Waals surface area contributed by atoms with Gasteiger partial charge in [0.25, 0.3) is 0 Å². The number of rotatable bonds is 1. The molecule has 19 heavy (non-hydrogen) atoms. The number of ketones is 1. The average molecular weight is 270 g/mol. The number of hydrogen-bond donors (Lipinski definition) is 2. The molecule has 2 aromatic carbocycles. The molecule has 0 radical (unpaired) electrons. The summed E-state index contributed by atoms with van der Waals surface area (Å²) in [6, 6.07) is 12.2. The lowest BCUT2D eigenvalue weighted by atomic mass is 10.1. The SMILES string of the molecule is O=C1/C(=C/c2ccccc2)Sc2c(O)ccc(O)c21. The number of Topliss-reactive ketones (excluding diaryl/α,β-unsaturated/α-hetero) is 1. The minimum atomic E-state index is -0.253. The van der Waals surface area contributed by atoms with Crippen molar-refractivity contribution in [3.05, 3.63) is 58.5 Å². The van der Waals surface area contributed by atoms with E-state index in [1.807, 2.05) is 30.3 Å². The molecule has 0 spiro atoms. The molecule has 94 valence electrons. The number of hydrogen-bond acceptors (Lipinski definition) is 4. The van der Waals surface area contributed by atoms with Crippen LogP contribution in [0.4, 0.5) is 0 Å². The zero-order valence-electron chi connectivity index (χ0n) is 9.83. The molecule has 0 saturated heterocycles. The number of aromatic hydroxyl groups is 2. The molecular weight excluding hydrogens is 260 g/mol. The maximum Gasteiger partial charge on any atom is 0.204 e. The number of allylic oxidation sites excluding steroid dienone is 1. The molecular formula is C15H10O3S. The Kier molecular flexibility index (Phi) is 2.80. The van der Waals surface area contributed by atoms with Gasteiger partial charge in [-0.3, -0.25) is 4.79 Å². The van der Waals surface area contributed by atoms with Crippen molar-refractivity contribution in [2.45, 2.75) is 4.90 Å². The van der Waals surface area contributed by atoms with Gasteiger partial charge in [0, 0.05) is 0 Å². The molecule has 3 nitrogen and oxygen atoms in total. The van der Waals surface area contributed by atoms with Crippen molar-refractivity contribution in [1.29, 1.82) is 0 Å². The molecule has 1 heterocycles. The molecule has 2 aromatic rings. The summed E-state index contributed by atoms with van der Waals surface area (Å²) >= 11 is 1.18. The van der Waals surface area contributed by atoms with Crippen LogP contribution in [0.2, 0.25) is 0 Å². The maximum absolute atomic E-state index is 12.2. The Balaban J connectivity index is 2.07. The van der Waals surface area contributed by atoms with Crippen LogP contribution in [0.1, 0.15) is 15.9 Å². The van der Waals surface area contributed by atoms with Crippen LogP contribution in [-0.4, -0.2) is 16.0 Å². The first-order valence-electron chi connectivity index (χ1n) is 5.71. The van der Waals surface area contributed by atoms with Gasteiger partial charge in [-0.05, 0) is 23.8 Å². The molecule has 0 aromatic heterocycles. The van der Waals surface area contributed by atoms with Gasteiger partial charge in [0.15, 0.2) is 0 Å². The van der Waals surface area contributed by atoms with E-state index in [1.54, 1.807) is 6.08 Å². The van der Waals surface area contributed by atoms with Crippen LogP contribution in [0.15, 0.2) is 52.3 Å². The summed E-state index contributed by atoms with van der Waals surface area (Å²) < 4.78 is 0. The molecule has 1 aliphatic rings. The predicted octanol–water partition coefficient (Wildman–Crippen LogP) is 3.43. The molecule has 0 fully saturated rings. The van der Waals surface area contributed by atoms with E-state index in [-0.39, 0.29) is 22.8 Å². The number of thioether (sulfide) groups is 1. The normalized spacial score (nSPS) is 15.8. The molecule has 1 aliphatic heterocycles. The molecule has 0 amide bonds. The van der Waals surface area contributed by atoms with Gasteiger partial charge in [-0.2, -0.15) is 0 Å². The highest BCUT2D eigenvalue weighted by Crippen LogP contribution is 2.48. The third kappa shape index (κ3) is 2.00. The third-order valence-corrected chi connectivity index (χ3v) is 4.02. The van der Waals surface area contributed by atoms with Crippen molar-refractivity contribution < 1.29 is 15.0 Å². The molecule has 0 atom stereocenters. The lowest BCUT2D eigenvalue weighted by Gasteiger charge is -2.00. The number of carbonyl (C=O) groups excluding carboxylic acids is 1. The Bertz CT molecular complexity index is 690. The van der Waals surface area contributed by atoms with E-state index in [1.165, 1.54) is 23.9 Å². The highest BCUT2D eigenvalue weighted by atomic mass is 32.2. The first kappa shape index (κ1) is 11.9. The van der Waals surface area contributed by atoms with Gasteiger partial charge in [0.1, 0.15) is 11.5 Å². The molecule has 3 rings (SSSR count). The molecule has 2 N–H and O–H groups in total. The van der Waals surface area contributed by atoms with Crippen LogP contribution in [0, 0.1) is 0 Å². The van der Waals surface area contributed by atoms with Crippen molar-refractivity contribution in [1.82, 2.24) is 0 Å². The van der Waals surface area contributed by atoms with E-state index in [2.05, 4.69) is 0 Å². The number of phenolic OH excluding ortho intramolecular Hbond substituents is 2. The van der Waals surface area contributed by atoms with Crippen LogP contribution < -0.4 is 0 Å². The Morgan fingerprint density at radius 1 is 0.947 bits per heavy atom. The first-order chi connectivity index (χ1) is 9.16. The van der Waals surface area contributed by atoms with Crippen LogP contribution >= 0.6 is 11.8 Å². The zero-order chi connectivity index (χ0) is 13.4. The summed E-state index contributed by atoms with van der Waals surface area (Å²) in [7, 11) is 0. The Morgan fingerprint density at radius 3 is 2.32 bits per heavy atom. The molecule has 0 unspecified atom stereocenters. The van der Waals surface area contributed by atoms with Gasteiger partial charge in [0.2, 0.25) is 5.78 Å². The molecule has 0 saturated carbocycles. The Morgan fingerprint density at radius 2 is 1.63 bits per heavy atom. The standard InChI is InChI=1S/C15H10O3S/c16-10-6-7-11(17)15-13(10)14(18)12(19-15)8-9-4-2-1-3-5-9/h1-8,16-17H/b12-8-. The number of carbonyl (C=O) groups is 1. The second-order valence-corrected chi connectivity index (χ2v) is 5.21. The van der Waals surface area contributed by atoms with Crippen molar-refractivity contribution in [2.75, 3.05) is 0 Å². The van der Waals surface area contributed by atoms with Gasteiger partial charge >= 0.3 is 0 Å². The molecule has 4 heteroatoms. The minimum Gasteiger partial charge on any atom is -0.507 e. The van der Waals surface area contributed by atoms with E-state index in [4.69, 9.17) is 0 Å². The maximum atomic E-state index is 12.2. The van der Waals surface area contributed by atoms with Gasteiger partial charge in [-0.1, -0.05) is 42.1 Å². The zero-order valence-corrected chi connectivity index (χ0v) is 10.6. The van der Waals surface area contributed by atoms with Gasteiger partial charge in [0.05, 0.1) is 15.4 Å². The fourth-order valence-corrected chi connectivity index (χ4v) is 3.04. The van der Waals surface area contributed by atoms with Crippen LogP contribution in [0.3, 0.4) is 0 Å². The van der Waals surface area contributed by atoms with Gasteiger partial charge in [-0.25, -0.2) is 0 Å². The third-order valence-electron chi connectivity index (χ3n) is 2.88. The van der Waals surface area contributed by atoms with Crippen LogP contribution in [-0.2, 0) is 0 Å². The number of phenols is 2. The smallest absolute Gasteiger partial charge is 0.204 e. The Labute approximate surface area is 114 Å². The number of benzene rings is 2. The largest absolute Gasteiger partial charge is 0.507 e. The van der Waals surface area contributed by atoms with Crippen molar-refractivity contribution in [3.8, 4) is 11.5 Å². The predicted molar refractivity (Wildman–Crippen MR) is 74.4 cm³/mol. The number of fused-ring (bicyclic) bond motifs is 1. The van der Waals surface area contributed by atoms with E-state index in [9.17, 15) is 15.0 Å². The summed E-state index contributed by atoms with van der Waals surface area (Å²) in [4.78, 5) is 13.1. The summed E-state index contributed by atoms with van der Waals surface area (Å²) in [5.74, 6) is -0.332. The fraction of sp³-hybridized carbons (Fsp3) is 0. The van der Waals surface area contributed by atoms with Crippen LogP contribution in [0.25, 0.3) is 6.08 Å². The van der Waals surface area contributed by atoms with E-state index < -0.39 is 0 Å². The van der Waals surface area contributed by atoms with E-state index >= 15 is 0 Å². The van der Waals surface area contributed by atoms with E-state index in [0.717, 1.165) is 5.56 Å². The Hall–Kier alpha value is -2.20. The minimum absolute atomic E-state index is 0.0163. The van der Waals surface area contributed by atoms with Gasteiger partial charge in [-0.15, -0.1) is 0 Å². The van der Waals surface area contributed by atoms with Crippen molar-refractivity contribution in [3.63, 3.8) is 0 Å². The summed E-state index contributed by atoms with van der Waals surface area (Å²) in [5.41, 5.74) is 1.09. The second kappa shape index (κ2) is 4.48. The topological polar surface area (TPSA) is 57.5 Å². The molecule has 0 aliphatic carbocycles. The van der Waals surface area contributed by atoms with Crippen molar-refractivity contribution >= 4 is 23.6 Å². The fourth-order valence-electron chi connectivity index (χ4n) is 1.96. The second-order valence-electron chi connectivity index (χ2n) is 4.16. The highest BCUT2D eigenvalue weighted by molar-refractivity contribution is 8.05. The lowest BCUT2D eigenvalue weighted by molar-refractivity contribution is 0.104. The summed E-state index contributed by atoms with van der Waals surface area (Å²) in [6.07, 6.45) is 1.76. The first-order valence-corrected chi connectivity index (χ1v) is 6.52. The summed E-state index contributed by atoms with van der Waals surface area (Å²) in [5, 5.41) is 19.5. The monoisotopic (exact) mass is 270 g/mol. The van der Waals surface area contributed by atoms with Crippen LogP contribution in [0.5, 0.6) is 11.5 Å². The lowest BCUT2D eigenvalue weighted by Crippen LogP contribution is -1.94.